The SMILES string of the molecule is CCN(C)C(=O)Oc1cc(C(C)N2CCCC2)cc2cccnc12. The van der Waals surface area contributed by atoms with E-state index in [2.05, 4.69) is 22.9 Å². The molecule has 0 radical (unpaired) electrons. The molecule has 0 saturated carbocycles. The summed E-state index contributed by atoms with van der Waals surface area (Å²) in [7, 11) is 1.73. The molecule has 1 saturated heterocycles. The highest BCUT2D eigenvalue weighted by Gasteiger charge is 2.22. The first-order valence-corrected chi connectivity index (χ1v) is 8.66. The molecule has 2 aromatic rings. The smallest absolute Gasteiger partial charge is 0.408 e. The van der Waals surface area contributed by atoms with Gasteiger partial charge in [0, 0.05) is 31.2 Å². The molecule has 128 valence electrons. The van der Waals surface area contributed by atoms with Crippen LogP contribution in [0.2, 0.25) is 0 Å². The van der Waals surface area contributed by atoms with Gasteiger partial charge in [-0.15, -0.1) is 0 Å². The van der Waals surface area contributed by atoms with Gasteiger partial charge in [0.15, 0.2) is 5.75 Å². The van der Waals surface area contributed by atoms with E-state index in [0.29, 0.717) is 18.3 Å². The maximum Gasteiger partial charge on any atom is 0.415 e. The van der Waals surface area contributed by atoms with Gasteiger partial charge in [-0.1, -0.05) is 6.07 Å². The van der Waals surface area contributed by atoms with Crippen molar-refractivity contribution >= 4 is 17.0 Å². The predicted molar refractivity (Wildman–Crippen MR) is 95.3 cm³/mol. The minimum absolute atomic E-state index is 0.304. The van der Waals surface area contributed by atoms with Crippen LogP contribution in [-0.4, -0.2) is 47.6 Å². The molecule has 0 bridgehead atoms. The highest BCUT2D eigenvalue weighted by atomic mass is 16.6. The lowest BCUT2D eigenvalue weighted by Gasteiger charge is -2.25. The molecule has 2 heterocycles. The van der Waals surface area contributed by atoms with Gasteiger partial charge in [0.2, 0.25) is 0 Å². The monoisotopic (exact) mass is 327 g/mol. The van der Waals surface area contributed by atoms with Crippen LogP contribution in [0.5, 0.6) is 5.75 Å². The van der Waals surface area contributed by atoms with Crippen LogP contribution in [0.3, 0.4) is 0 Å². The number of carbonyl (C=O) groups excluding carboxylic acids is 1. The Bertz CT molecular complexity index is 726. The van der Waals surface area contributed by atoms with Gasteiger partial charge in [-0.25, -0.2) is 4.79 Å². The number of amides is 1. The Morgan fingerprint density at radius 2 is 2.12 bits per heavy atom. The average molecular weight is 327 g/mol. The first-order chi connectivity index (χ1) is 11.6. The number of nitrogens with zero attached hydrogens (tertiary/aromatic N) is 3. The summed E-state index contributed by atoms with van der Waals surface area (Å²) < 4.78 is 5.64. The van der Waals surface area contributed by atoms with E-state index in [9.17, 15) is 4.79 Å². The molecule has 1 amide bonds. The van der Waals surface area contributed by atoms with Gasteiger partial charge in [0.25, 0.3) is 0 Å². The zero-order valence-electron chi connectivity index (χ0n) is 14.7. The number of rotatable bonds is 4. The van der Waals surface area contributed by atoms with Gasteiger partial charge in [-0.3, -0.25) is 9.88 Å². The largest absolute Gasteiger partial charge is 0.415 e. The molecule has 0 N–H and O–H groups in total. The molecule has 0 aliphatic carbocycles. The molecule has 24 heavy (non-hydrogen) atoms. The van der Waals surface area contributed by atoms with Crippen molar-refractivity contribution in [2.24, 2.45) is 0 Å². The number of carbonyl (C=O) groups is 1. The molecule has 1 aromatic carbocycles. The first kappa shape index (κ1) is 16.7. The summed E-state index contributed by atoms with van der Waals surface area (Å²) in [6.45, 7) is 6.99. The quantitative estimate of drug-likeness (QED) is 0.856. The molecule has 5 heteroatoms. The van der Waals surface area contributed by atoms with Crippen molar-refractivity contribution in [3.63, 3.8) is 0 Å². The van der Waals surface area contributed by atoms with Crippen molar-refractivity contribution in [1.82, 2.24) is 14.8 Å². The Balaban J connectivity index is 1.97. The first-order valence-electron chi connectivity index (χ1n) is 8.66. The molecule has 1 fully saturated rings. The molecule has 0 spiro atoms. The molecule has 1 aliphatic rings. The van der Waals surface area contributed by atoms with Gasteiger partial charge >= 0.3 is 6.09 Å². The van der Waals surface area contributed by atoms with E-state index in [1.165, 1.54) is 18.4 Å². The fourth-order valence-electron chi connectivity index (χ4n) is 3.14. The van der Waals surface area contributed by atoms with Crippen molar-refractivity contribution in [3.05, 3.63) is 36.0 Å². The third-order valence-electron chi connectivity index (χ3n) is 4.85. The number of benzene rings is 1. The second-order valence-corrected chi connectivity index (χ2v) is 6.40. The lowest BCUT2D eigenvalue weighted by atomic mass is 10.0. The van der Waals surface area contributed by atoms with Crippen LogP contribution in [-0.2, 0) is 0 Å². The normalized spacial score (nSPS) is 16.3. The van der Waals surface area contributed by atoms with Crippen molar-refractivity contribution in [2.75, 3.05) is 26.7 Å². The highest BCUT2D eigenvalue weighted by Crippen LogP contribution is 2.32. The highest BCUT2D eigenvalue weighted by molar-refractivity contribution is 5.87. The molecule has 5 nitrogen and oxygen atoms in total. The average Bonchev–Trinajstić information content (AvgIpc) is 3.14. The minimum atomic E-state index is -0.351. The maximum atomic E-state index is 12.2. The van der Waals surface area contributed by atoms with Crippen LogP contribution in [0.1, 0.15) is 38.3 Å². The lowest BCUT2D eigenvalue weighted by molar-refractivity contribution is 0.165. The van der Waals surface area contributed by atoms with E-state index in [0.717, 1.165) is 24.0 Å². The summed E-state index contributed by atoms with van der Waals surface area (Å²) in [5.74, 6) is 0.541. The van der Waals surface area contributed by atoms with Gasteiger partial charge in [-0.05, 0) is 63.5 Å². The van der Waals surface area contributed by atoms with Crippen LogP contribution in [0.25, 0.3) is 10.9 Å². The standard InChI is InChI=1S/C19H25N3O2/c1-4-21(3)19(23)24-17-13-16(14(2)22-10-5-6-11-22)12-15-8-7-9-20-18(15)17/h7-9,12-14H,4-6,10-11H2,1-3H3. The second-order valence-electron chi connectivity index (χ2n) is 6.40. The molecule has 1 unspecified atom stereocenters. The number of ether oxygens (including phenoxy) is 1. The lowest BCUT2D eigenvalue weighted by Crippen LogP contribution is -2.29. The summed E-state index contributed by atoms with van der Waals surface area (Å²) in [6.07, 6.45) is 3.88. The van der Waals surface area contributed by atoms with Crippen LogP contribution in [0.15, 0.2) is 30.5 Å². The maximum absolute atomic E-state index is 12.2. The van der Waals surface area contributed by atoms with Gasteiger partial charge in [-0.2, -0.15) is 0 Å². The zero-order chi connectivity index (χ0) is 17.1. The number of fused-ring (bicyclic) bond motifs is 1. The van der Waals surface area contributed by atoms with Crippen LogP contribution < -0.4 is 4.74 Å². The Hall–Kier alpha value is -2.14. The third-order valence-corrected chi connectivity index (χ3v) is 4.85. The molecule has 1 aromatic heterocycles. The number of likely N-dealkylation sites (tertiary alicyclic amines) is 1. The van der Waals surface area contributed by atoms with E-state index in [4.69, 9.17) is 4.74 Å². The Labute approximate surface area is 143 Å². The second kappa shape index (κ2) is 7.18. The fraction of sp³-hybridized carbons (Fsp3) is 0.474. The van der Waals surface area contributed by atoms with Crippen LogP contribution in [0.4, 0.5) is 4.79 Å². The molecular weight excluding hydrogens is 302 g/mol. The number of hydrogen-bond donors (Lipinski definition) is 0. The predicted octanol–water partition coefficient (Wildman–Crippen LogP) is 3.84. The summed E-state index contributed by atoms with van der Waals surface area (Å²) in [5.41, 5.74) is 1.90. The third kappa shape index (κ3) is 3.36. The van der Waals surface area contributed by atoms with Gasteiger partial charge in [0.05, 0.1) is 0 Å². The van der Waals surface area contributed by atoms with E-state index >= 15 is 0 Å². The molecule has 3 rings (SSSR count). The molecular formula is C19H25N3O2. The number of aromatic nitrogens is 1. The summed E-state index contributed by atoms with van der Waals surface area (Å²) in [6, 6.07) is 8.37. The van der Waals surface area contributed by atoms with E-state index in [1.54, 1.807) is 18.1 Å². The number of pyridine rings is 1. The van der Waals surface area contributed by atoms with E-state index < -0.39 is 0 Å². The Kier molecular flexibility index (Phi) is 5.00. The topological polar surface area (TPSA) is 45.7 Å². The summed E-state index contributed by atoms with van der Waals surface area (Å²) >= 11 is 0. The fourth-order valence-corrected chi connectivity index (χ4v) is 3.14. The van der Waals surface area contributed by atoms with Crippen molar-refractivity contribution in [2.45, 2.75) is 32.7 Å². The van der Waals surface area contributed by atoms with Crippen LogP contribution in [0, 0.1) is 0 Å². The van der Waals surface area contributed by atoms with E-state index in [1.807, 2.05) is 25.1 Å². The van der Waals surface area contributed by atoms with Crippen molar-refractivity contribution < 1.29 is 9.53 Å². The van der Waals surface area contributed by atoms with Crippen molar-refractivity contribution in [3.8, 4) is 5.75 Å². The molecule has 1 atom stereocenters. The van der Waals surface area contributed by atoms with Gasteiger partial charge in [0.1, 0.15) is 5.52 Å². The Morgan fingerprint density at radius 1 is 1.38 bits per heavy atom. The van der Waals surface area contributed by atoms with Crippen molar-refractivity contribution in [1.29, 1.82) is 0 Å². The summed E-state index contributed by atoms with van der Waals surface area (Å²) in [4.78, 5) is 20.6. The minimum Gasteiger partial charge on any atom is -0.408 e. The zero-order valence-corrected chi connectivity index (χ0v) is 14.7. The summed E-state index contributed by atoms with van der Waals surface area (Å²) in [5, 5.41) is 1.00. The van der Waals surface area contributed by atoms with Gasteiger partial charge < -0.3 is 9.64 Å². The van der Waals surface area contributed by atoms with Crippen LogP contribution >= 0.6 is 0 Å². The van der Waals surface area contributed by atoms with E-state index in [-0.39, 0.29) is 6.09 Å². The number of hydrogen-bond acceptors (Lipinski definition) is 4. The molecule has 1 aliphatic heterocycles. The Morgan fingerprint density at radius 3 is 2.83 bits per heavy atom.